The zero-order valence-corrected chi connectivity index (χ0v) is 9.73. The van der Waals surface area contributed by atoms with Crippen LogP contribution in [0.3, 0.4) is 0 Å². The number of pyridine rings is 1. The number of hydrogen-bond donors (Lipinski definition) is 2. The van der Waals surface area contributed by atoms with Gasteiger partial charge in [0.25, 0.3) is 0 Å². The molecule has 2 N–H and O–H groups in total. The number of anilines is 1. The minimum atomic E-state index is -4.39. The summed E-state index contributed by atoms with van der Waals surface area (Å²) in [5.74, 6) is 0.108. The second-order valence-electron chi connectivity index (χ2n) is 3.45. The van der Waals surface area contributed by atoms with Crippen LogP contribution in [0.5, 0.6) is 0 Å². The van der Waals surface area contributed by atoms with Crippen molar-refractivity contribution >= 4 is 17.2 Å². The number of halogens is 3. The number of rotatable bonds is 3. The normalized spacial score (nSPS) is 11.5. The van der Waals surface area contributed by atoms with Crippen LogP contribution in [0.15, 0.2) is 28.5 Å². The van der Waals surface area contributed by atoms with Crippen molar-refractivity contribution in [3.05, 3.63) is 44.6 Å². The molecule has 0 saturated heterocycles. The van der Waals surface area contributed by atoms with Crippen molar-refractivity contribution in [3.8, 4) is 0 Å². The molecular weight excluding hydrogens is 267 g/mol. The molecule has 2 aromatic rings. The standard InChI is InChI=1S/C10H8F3N3OS/c11-10(12,13)6-1-2-14-8(3-6)15-4-7-5-18-9(17)16-7/h1-3,5H,4H2,(H,14,15)(H,16,17). The van der Waals surface area contributed by atoms with Gasteiger partial charge in [0.15, 0.2) is 0 Å². The van der Waals surface area contributed by atoms with Crippen LogP contribution in [-0.4, -0.2) is 9.97 Å². The van der Waals surface area contributed by atoms with Gasteiger partial charge in [0.1, 0.15) is 5.82 Å². The summed E-state index contributed by atoms with van der Waals surface area (Å²) in [4.78, 5) is 17.0. The number of aromatic nitrogens is 2. The number of thiazole rings is 1. The Bertz CT molecular complexity index is 590. The van der Waals surface area contributed by atoms with E-state index in [1.54, 1.807) is 5.38 Å². The van der Waals surface area contributed by atoms with E-state index < -0.39 is 11.7 Å². The van der Waals surface area contributed by atoms with Crippen molar-refractivity contribution in [2.75, 3.05) is 5.32 Å². The zero-order valence-electron chi connectivity index (χ0n) is 8.91. The number of alkyl halides is 3. The van der Waals surface area contributed by atoms with Gasteiger partial charge in [0.05, 0.1) is 12.1 Å². The van der Waals surface area contributed by atoms with Gasteiger partial charge in [-0.15, -0.1) is 0 Å². The molecule has 0 fully saturated rings. The fourth-order valence-electron chi connectivity index (χ4n) is 1.29. The Morgan fingerprint density at radius 2 is 2.22 bits per heavy atom. The molecule has 0 aliphatic heterocycles. The minimum Gasteiger partial charge on any atom is -0.364 e. The molecule has 0 saturated carbocycles. The molecule has 2 aromatic heterocycles. The molecule has 0 bridgehead atoms. The molecule has 0 aromatic carbocycles. The van der Waals surface area contributed by atoms with Crippen molar-refractivity contribution in [2.24, 2.45) is 0 Å². The average Bonchev–Trinajstić information content (AvgIpc) is 2.72. The SMILES string of the molecule is O=c1[nH]c(CNc2cc(C(F)(F)F)ccn2)cs1. The molecular formula is C10H8F3N3OS. The molecule has 0 aliphatic rings. The molecule has 0 amide bonds. The van der Waals surface area contributed by atoms with E-state index in [4.69, 9.17) is 0 Å². The molecule has 96 valence electrons. The molecule has 0 aliphatic carbocycles. The van der Waals surface area contributed by atoms with Crippen molar-refractivity contribution in [3.63, 3.8) is 0 Å². The highest BCUT2D eigenvalue weighted by Crippen LogP contribution is 2.29. The topological polar surface area (TPSA) is 57.8 Å². The van der Waals surface area contributed by atoms with Crippen LogP contribution < -0.4 is 10.2 Å². The van der Waals surface area contributed by atoms with E-state index >= 15 is 0 Å². The first-order chi connectivity index (χ1) is 8.45. The van der Waals surface area contributed by atoms with Gasteiger partial charge in [-0.05, 0) is 12.1 Å². The predicted molar refractivity (Wildman–Crippen MR) is 61.5 cm³/mol. The number of hydrogen-bond acceptors (Lipinski definition) is 4. The van der Waals surface area contributed by atoms with Gasteiger partial charge in [0, 0.05) is 17.3 Å². The van der Waals surface area contributed by atoms with Crippen LogP contribution in [0.4, 0.5) is 19.0 Å². The average molecular weight is 275 g/mol. The molecule has 0 radical (unpaired) electrons. The Labute approximate surface area is 104 Å². The number of nitrogens with one attached hydrogen (secondary N) is 2. The minimum absolute atomic E-state index is 0.108. The molecule has 2 rings (SSSR count). The van der Waals surface area contributed by atoms with Crippen molar-refractivity contribution in [2.45, 2.75) is 12.7 Å². The second-order valence-corrected chi connectivity index (χ2v) is 4.30. The van der Waals surface area contributed by atoms with E-state index in [2.05, 4.69) is 15.3 Å². The van der Waals surface area contributed by atoms with Gasteiger partial charge in [-0.25, -0.2) is 4.98 Å². The van der Waals surface area contributed by atoms with E-state index in [1.165, 1.54) is 0 Å². The third kappa shape index (κ3) is 3.10. The van der Waals surface area contributed by atoms with Crippen LogP contribution >= 0.6 is 11.3 Å². The summed E-state index contributed by atoms with van der Waals surface area (Å²) < 4.78 is 37.3. The lowest BCUT2D eigenvalue weighted by Gasteiger charge is -2.08. The highest BCUT2D eigenvalue weighted by Gasteiger charge is 2.30. The molecule has 18 heavy (non-hydrogen) atoms. The number of H-pyrrole nitrogens is 1. The van der Waals surface area contributed by atoms with Crippen molar-refractivity contribution < 1.29 is 13.2 Å². The van der Waals surface area contributed by atoms with Gasteiger partial charge >= 0.3 is 11.0 Å². The van der Waals surface area contributed by atoms with Crippen LogP contribution in [-0.2, 0) is 12.7 Å². The maximum atomic E-state index is 12.4. The van der Waals surface area contributed by atoms with Crippen molar-refractivity contribution in [1.82, 2.24) is 9.97 Å². The monoisotopic (exact) mass is 275 g/mol. The Morgan fingerprint density at radius 1 is 1.44 bits per heavy atom. The maximum absolute atomic E-state index is 12.4. The van der Waals surface area contributed by atoms with Crippen LogP contribution in [0, 0.1) is 0 Å². The third-order valence-corrected chi connectivity index (χ3v) is 2.84. The summed E-state index contributed by atoms with van der Waals surface area (Å²) in [7, 11) is 0. The van der Waals surface area contributed by atoms with E-state index in [0.29, 0.717) is 5.69 Å². The summed E-state index contributed by atoms with van der Waals surface area (Å²) in [6.07, 6.45) is -3.31. The molecule has 0 spiro atoms. The van der Waals surface area contributed by atoms with Gasteiger partial charge in [-0.3, -0.25) is 4.79 Å². The van der Waals surface area contributed by atoms with Crippen molar-refractivity contribution in [1.29, 1.82) is 0 Å². The van der Waals surface area contributed by atoms with Gasteiger partial charge in [-0.2, -0.15) is 13.2 Å². The summed E-state index contributed by atoms with van der Waals surface area (Å²) in [6.45, 7) is 0.215. The largest absolute Gasteiger partial charge is 0.416 e. The summed E-state index contributed by atoms with van der Waals surface area (Å²) >= 11 is 0.995. The van der Waals surface area contributed by atoms with E-state index in [9.17, 15) is 18.0 Å². The van der Waals surface area contributed by atoms with E-state index in [1.807, 2.05) is 0 Å². The Hall–Kier alpha value is -1.83. The lowest BCUT2D eigenvalue weighted by molar-refractivity contribution is -0.137. The van der Waals surface area contributed by atoms with E-state index in [0.717, 1.165) is 29.7 Å². The molecule has 0 atom stereocenters. The molecule has 4 nitrogen and oxygen atoms in total. The Kier molecular flexibility index (Phi) is 3.37. The molecule has 0 unspecified atom stereocenters. The lowest BCUT2D eigenvalue weighted by Crippen LogP contribution is -2.08. The zero-order chi connectivity index (χ0) is 13.2. The molecule has 8 heteroatoms. The first kappa shape index (κ1) is 12.6. The van der Waals surface area contributed by atoms with Crippen LogP contribution in [0.2, 0.25) is 0 Å². The number of aromatic amines is 1. The van der Waals surface area contributed by atoms with Crippen LogP contribution in [0.25, 0.3) is 0 Å². The Morgan fingerprint density at radius 3 is 2.83 bits per heavy atom. The van der Waals surface area contributed by atoms with Crippen LogP contribution in [0.1, 0.15) is 11.3 Å². The lowest BCUT2D eigenvalue weighted by atomic mass is 10.2. The predicted octanol–water partition coefficient (Wildman–Crippen LogP) is 2.46. The smallest absolute Gasteiger partial charge is 0.364 e. The van der Waals surface area contributed by atoms with Gasteiger partial charge in [-0.1, -0.05) is 11.3 Å². The highest BCUT2D eigenvalue weighted by atomic mass is 32.1. The summed E-state index contributed by atoms with van der Waals surface area (Å²) in [5, 5.41) is 4.31. The third-order valence-electron chi connectivity index (χ3n) is 2.12. The van der Waals surface area contributed by atoms with Gasteiger partial charge in [0.2, 0.25) is 0 Å². The Balaban J connectivity index is 2.08. The fourth-order valence-corrected chi connectivity index (χ4v) is 1.87. The highest BCUT2D eigenvalue weighted by molar-refractivity contribution is 7.07. The van der Waals surface area contributed by atoms with E-state index in [-0.39, 0.29) is 17.2 Å². The second kappa shape index (κ2) is 4.81. The molecule has 2 heterocycles. The van der Waals surface area contributed by atoms with Gasteiger partial charge < -0.3 is 10.3 Å². The first-order valence-electron chi connectivity index (χ1n) is 4.89. The quantitative estimate of drug-likeness (QED) is 0.904. The maximum Gasteiger partial charge on any atom is 0.416 e. The number of nitrogens with zero attached hydrogens (tertiary/aromatic N) is 1. The fraction of sp³-hybridized carbons (Fsp3) is 0.200. The summed E-state index contributed by atoms with van der Waals surface area (Å²) in [6, 6.07) is 1.82. The first-order valence-corrected chi connectivity index (χ1v) is 5.77. The summed E-state index contributed by atoms with van der Waals surface area (Å²) in [5.41, 5.74) is -0.164.